The van der Waals surface area contributed by atoms with Gasteiger partial charge in [-0.25, -0.2) is 9.18 Å². The topological polar surface area (TPSA) is 69.6 Å². The summed E-state index contributed by atoms with van der Waals surface area (Å²) in [5, 5.41) is 11.2. The number of carbonyl (C=O) groups excluding carboxylic acids is 1. The molecule has 1 aromatic rings. The third kappa shape index (κ3) is 5.26. The molecule has 0 spiro atoms. The molecule has 0 aliphatic heterocycles. The third-order valence-corrected chi connectivity index (χ3v) is 2.79. The van der Waals surface area contributed by atoms with Gasteiger partial charge in [-0.15, -0.1) is 0 Å². The number of anilines is 1. The third-order valence-electron chi connectivity index (χ3n) is 2.79. The number of hydrogen-bond acceptors (Lipinski definition) is 2. The van der Waals surface area contributed by atoms with Crippen molar-refractivity contribution in [2.45, 2.75) is 26.2 Å². The van der Waals surface area contributed by atoms with Crippen molar-refractivity contribution in [3.05, 3.63) is 30.1 Å². The van der Waals surface area contributed by atoms with Gasteiger partial charge in [-0.3, -0.25) is 9.69 Å². The fourth-order valence-corrected chi connectivity index (χ4v) is 1.76. The van der Waals surface area contributed by atoms with Gasteiger partial charge in [-0.05, 0) is 44.0 Å². The number of urea groups is 1. The molecule has 0 saturated heterocycles. The molecule has 0 heterocycles. The lowest BCUT2D eigenvalue weighted by molar-refractivity contribution is -0.137. The van der Waals surface area contributed by atoms with E-state index < -0.39 is 5.97 Å². The highest BCUT2D eigenvalue weighted by molar-refractivity contribution is 5.91. The molecule has 0 aliphatic rings. The zero-order valence-electron chi connectivity index (χ0n) is 11.4. The van der Waals surface area contributed by atoms with Crippen LogP contribution in [0.15, 0.2) is 24.3 Å². The van der Waals surface area contributed by atoms with E-state index in [-0.39, 0.29) is 18.3 Å². The first kappa shape index (κ1) is 15.9. The van der Waals surface area contributed by atoms with Crippen LogP contribution in [0.3, 0.4) is 0 Å². The second-order valence-electron chi connectivity index (χ2n) is 4.30. The quantitative estimate of drug-likeness (QED) is 0.755. The molecular formula is C14H19FN2O3. The molecular weight excluding hydrogens is 263 g/mol. The van der Waals surface area contributed by atoms with Crippen LogP contribution in [0, 0.1) is 5.82 Å². The van der Waals surface area contributed by atoms with Crippen molar-refractivity contribution in [3.8, 4) is 0 Å². The van der Waals surface area contributed by atoms with E-state index in [2.05, 4.69) is 5.32 Å². The van der Waals surface area contributed by atoms with Gasteiger partial charge in [-0.1, -0.05) is 0 Å². The first-order chi connectivity index (χ1) is 9.54. The fraction of sp³-hybridized carbons (Fsp3) is 0.429. The minimum atomic E-state index is -0.835. The van der Waals surface area contributed by atoms with E-state index in [1.807, 2.05) is 6.92 Å². The molecule has 1 rings (SSSR count). The summed E-state index contributed by atoms with van der Waals surface area (Å²) in [7, 11) is 0. The minimum Gasteiger partial charge on any atom is -0.481 e. The van der Waals surface area contributed by atoms with Crippen LogP contribution < -0.4 is 10.2 Å². The SMILES string of the molecule is CCN(C(=O)NCCCCC(=O)O)c1ccc(F)cc1. The Bertz CT molecular complexity index is 448. The van der Waals surface area contributed by atoms with Crippen LogP contribution in [0.25, 0.3) is 0 Å². The number of carboxylic acid groups (broad SMARTS) is 1. The van der Waals surface area contributed by atoms with E-state index in [1.165, 1.54) is 17.0 Å². The summed E-state index contributed by atoms with van der Waals surface area (Å²) in [4.78, 5) is 23.8. The van der Waals surface area contributed by atoms with E-state index >= 15 is 0 Å². The Morgan fingerprint density at radius 1 is 1.25 bits per heavy atom. The maximum absolute atomic E-state index is 12.8. The van der Waals surface area contributed by atoms with Crippen molar-refractivity contribution >= 4 is 17.7 Å². The van der Waals surface area contributed by atoms with Crippen molar-refractivity contribution in [2.24, 2.45) is 0 Å². The van der Waals surface area contributed by atoms with Crippen LogP contribution in [-0.4, -0.2) is 30.2 Å². The number of halogens is 1. The van der Waals surface area contributed by atoms with Gasteiger partial charge in [-0.2, -0.15) is 0 Å². The Hall–Kier alpha value is -2.11. The molecule has 0 bridgehead atoms. The lowest BCUT2D eigenvalue weighted by Gasteiger charge is -2.21. The largest absolute Gasteiger partial charge is 0.481 e. The van der Waals surface area contributed by atoms with Gasteiger partial charge in [0, 0.05) is 25.2 Å². The Kier molecular flexibility index (Phi) is 6.49. The van der Waals surface area contributed by atoms with Crippen molar-refractivity contribution in [1.29, 1.82) is 0 Å². The number of benzene rings is 1. The maximum atomic E-state index is 12.8. The molecule has 110 valence electrons. The van der Waals surface area contributed by atoms with E-state index in [0.29, 0.717) is 31.6 Å². The number of nitrogens with zero attached hydrogens (tertiary/aromatic N) is 1. The Balaban J connectivity index is 2.43. The number of carbonyl (C=O) groups is 2. The number of amides is 2. The zero-order valence-corrected chi connectivity index (χ0v) is 11.4. The molecule has 0 unspecified atom stereocenters. The Labute approximate surface area is 117 Å². The van der Waals surface area contributed by atoms with E-state index in [9.17, 15) is 14.0 Å². The molecule has 5 nitrogen and oxygen atoms in total. The lowest BCUT2D eigenvalue weighted by atomic mass is 10.2. The number of unbranched alkanes of at least 4 members (excludes halogenated alkanes) is 1. The van der Waals surface area contributed by atoms with Gasteiger partial charge in [0.05, 0.1) is 0 Å². The molecule has 0 atom stereocenters. The molecule has 1 aromatic carbocycles. The summed E-state index contributed by atoms with van der Waals surface area (Å²) < 4.78 is 12.8. The van der Waals surface area contributed by atoms with E-state index in [1.54, 1.807) is 12.1 Å². The van der Waals surface area contributed by atoms with Crippen molar-refractivity contribution in [2.75, 3.05) is 18.0 Å². The highest BCUT2D eigenvalue weighted by Crippen LogP contribution is 2.14. The monoisotopic (exact) mass is 282 g/mol. The summed E-state index contributed by atoms with van der Waals surface area (Å²) >= 11 is 0. The predicted molar refractivity (Wildman–Crippen MR) is 74.3 cm³/mol. The molecule has 6 heteroatoms. The van der Waals surface area contributed by atoms with Gasteiger partial charge in [0.1, 0.15) is 5.82 Å². The van der Waals surface area contributed by atoms with E-state index in [4.69, 9.17) is 5.11 Å². The fourth-order valence-electron chi connectivity index (χ4n) is 1.76. The Morgan fingerprint density at radius 3 is 2.45 bits per heavy atom. The van der Waals surface area contributed by atoms with Gasteiger partial charge in [0.2, 0.25) is 0 Å². The second-order valence-corrected chi connectivity index (χ2v) is 4.30. The highest BCUT2D eigenvalue weighted by atomic mass is 19.1. The summed E-state index contributed by atoms with van der Waals surface area (Å²) in [6, 6.07) is 5.43. The molecule has 0 fully saturated rings. The van der Waals surface area contributed by atoms with Gasteiger partial charge in [0.15, 0.2) is 0 Å². The summed E-state index contributed by atoms with van der Waals surface area (Å²) in [6.45, 7) is 2.71. The second kappa shape index (κ2) is 8.14. The first-order valence-electron chi connectivity index (χ1n) is 6.57. The van der Waals surface area contributed by atoms with Crippen molar-refractivity contribution in [1.82, 2.24) is 5.32 Å². The van der Waals surface area contributed by atoms with Crippen LogP contribution in [0.5, 0.6) is 0 Å². The summed E-state index contributed by atoms with van der Waals surface area (Å²) in [5.74, 6) is -1.18. The molecule has 2 N–H and O–H groups in total. The molecule has 0 saturated carbocycles. The number of rotatable bonds is 7. The number of nitrogens with one attached hydrogen (secondary N) is 1. The predicted octanol–water partition coefficient (Wildman–Crippen LogP) is 2.62. The van der Waals surface area contributed by atoms with Gasteiger partial charge >= 0.3 is 12.0 Å². The molecule has 2 amide bonds. The number of carboxylic acids is 1. The normalized spacial score (nSPS) is 10.1. The summed E-state index contributed by atoms with van der Waals surface area (Å²) in [6.07, 6.45) is 1.24. The van der Waals surface area contributed by atoms with Crippen molar-refractivity contribution in [3.63, 3.8) is 0 Å². The maximum Gasteiger partial charge on any atom is 0.321 e. The smallest absolute Gasteiger partial charge is 0.321 e. The molecule has 0 aromatic heterocycles. The molecule has 20 heavy (non-hydrogen) atoms. The summed E-state index contributed by atoms with van der Waals surface area (Å²) in [5.41, 5.74) is 0.622. The Morgan fingerprint density at radius 2 is 1.90 bits per heavy atom. The van der Waals surface area contributed by atoms with Gasteiger partial charge < -0.3 is 10.4 Å². The average Bonchev–Trinajstić information content (AvgIpc) is 2.41. The number of aliphatic carboxylic acids is 1. The number of hydrogen-bond donors (Lipinski definition) is 2. The first-order valence-corrected chi connectivity index (χ1v) is 6.57. The zero-order chi connectivity index (χ0) is 15.0. The van der Waals surface area contributed by atoms with Gasteiger partial charge in [0.25, 0.3) is 0 Å². The van der Waals surface area contributed by atoms with Crippen LogP contribution >= 0.6 is 0 Å². The van der Waals surface area contributed by atoms with Crippen LogP contribution in [0.2, 0.25) is 0 Å². The molecule has 0 aliphatic carbocycles. The lowest BCUT2D eigenvalue weighted by Crippen LogP contribution is -2.40. The van der Waals surface area contributed by atoms with E-state index in [0.717, 1.165) is 0 Å². The van der Waals surface area contributed by atoms with Crippen LogP contribution in [-0.2, 0) is 4.79 Å². The minimum absolute atomic E-state index is 0.103. The standard InChI is InChI=1S/C14H19FN2O3/c1-2-17(12-8-6-11(15)7-9-12)14(20)16-10-4-3-5-13(18)19/h6-9H,2-5,10H2,1H3,(H,16,20)(H,18,19). The van der Waals surface area contributed by atoms with Crippen LogP contribution in [0.4, 0.5) is 14.9 Å². The molecule has 0 radical (unpaired) electrons. The van der Waals surface area contributed by atoms with Crippen molar-refractivity contribution < 1.29 is 19.1 Å². The highest BCUT2D eigenvalue weighted by Gasteiger charge is 2.12. The average molecular weight is 282 g/mol. The van der Waals surface area contributed by atoms with Crippen LogP contribution in [0.1, 0.15) is 26.2 Å².